The Bertz CT molecular complexity index is 904. The summed E-state index contributed by atoms with van der Waals surface area (Å²) < 4.78 is 1.36. The zero-order valence-electron chi connectivity index (χ0n) is 13.5. The van der Waals surface area contributed by atoms with Gasteiger partial charge < -0.3 is 5.11 Å². The summed E-state index contributed by atoms with van der Waals surface area (Å²) in [6.45, 7) is 5.11. The number of aromatic nitrogens is 2. The highest BCUT2D eigenvalue weighted by Crippen LogP contribution is 2.59. The van der Waals surface area contributed by atoms with E-state index in [9.17, 15) is 19.5 Å². The van der Waals surface area contributed by atoms with Gasteiger partial charge in [-0.2, -0.15) is 0 Å². The average Bonchev–Trinajstić information content (AvgIpc) is 2.34. The van der Waals surface area contributed by atoms with Crippen LogP contribution >= 0.6 is 14.6 Å². The molecular formula is C14H20N3O4P2+. The van der Waals surface area contributed by atoms with E-state index in [2.05, 4.69) is 22.6 Å². The molecule has 2 N–H and O–H groups in total. The molecule has 9 heteroatoms. The Morgan fingerprint density at radius 2 is 2.00 bits per heavy atom. The van der Waals surface area contributed by atoms with Gasteiger partial charge in [0.15, 0.2) is 5.82 Å². The quantitative estimate of drug-likeness (QED) is 0.799. The number of nitrogens with zero attached hydrogens (tertiary/aromatic N) is 2. The number of hydrogen-bond acceptors (Lipinski definition) is 4. The number of aliphatic imine (C=N–C) groups is 1. The van der Waals surface area contributed by atoms with Gasteiger partial charge in [0, 0.05) is 11.4 Å². The average molecular weight is 356 g/mol. The minimum Gasteiger partial charge on any atom is -0.481 e. The number of aromatic amines is 1. The molecule has 0 fully saturated rings. The summed E-state index contributed by atoms with van der Waals surface area (Å²) >= 11 is 0. The highest BCUT2D eigenvalue weighted by molar-refractivity contribution is 7.72. The van der Waals surface area contributed by atoms with Crippen LogP contribution in [-0.4, -0.2) is 58.7 Å². The van der Waals surface area contributed by atoms with E-state index in [1.165, 1.54) is 4.34 Å². The van der Waals surface area contributed by atoms with Crippen molar-refractivity contribution in [3.05, 3.63) is 26.4 Å². The van der Waals surface area contributed by atoms with Gasteiger partial charge in [-0.1, -0.05) is 4.34 Å². The fourth-order valence-corrected chi connectivity index (χ4v) is 5.84. The molecule has 0 aromatic carbocycles. The van der Waals surface area contributed by atoms with Gasteiger partial charge in [-0.15, -0.1) is 13.2 Å². The Morgan fingerprint density at radius 1 is 1.43 bits per heavy atom. The van der Waals surface area contributed by atoms with E-state index >= 15 is 0 Å². The lowest BCUT2D eigenvalue weighted by Crippen LogP contribution is -2.39. The zero-order valence-corrected chi connectivity index (χ0v) is 15.3. The van der Waals surface area contributed by atoms with E-state index in [0.29, 0.717) is 5.71 Å². The van der Waals surface area contributed by atoms with Crippen LogP contribution in [0.4, 0.5) is 5.82 Å². The number of H-pyrrole nitrogens is 1. The summed E-state index contributed by atoms with van der Waals surface area (Å²) in [4.78, 5) is 42.9. The lowest BCUT2D eigenvalue weighted by atomic mass is 9.93. The first-order chi connectivity index (χ1) is 10.5. The minimum atomic E-state index is -2.02. The number of carboxylic acids is 1. The molecule has 0 saturated heterocycles. The Balaban J connectivity index is 3.01. The lowest BCUT2D eigenvalue weighted by Gasteiger charge is -2.34. The molecule has 1 aromatic heterocycles. The van der Waals surface area contributed by atoms with Crippen LogP contribution in [0.15, 0.2) is 14.6 Å². The van der Waals surface area contributed by atoms with E-state index in [4.69, 9.17) is 0 Å². The van der Waals surface area contributed by atoms with Crippen LogP contribution in [-0.2, 0) is 4.79 Å². The third kappa shape index (κ3) is 2.91. The molecule has 3 unspecified atom stereocenters. The normalized spacial score (nSPS) is 21.4. The minimum absolute atomic E-state index is 0.235. The molecule has 2 heterocycles. The van der Waals surface area contributed by atoms with Gasteiger partial charge in [0.05, 0.1) is 11.9 Å². The molecule has 0 bridgehead atoms. The maximum atomic E-state index is 12.4. The second-order valence-electron chi connectivity index (χ2n) is 6.26. The molecule has 0 saturated carbocycles. The van der Waals surface area contributed by atoms with E-state index in [1.54, 1.807) is 13.6 Å². The topological polar surface area (TPSA) is 105 Å². The summed E-state index contributed by atoms with van der Waals surface area (Å²) in [7, 11) is -1.13. The standard InChI is InChI=1S/C14H19N3O4P2/c1-7-8(13(19)20)10(23(4,5)6)9-11(15-7)17(22(2)3)14(21)16-12(9)18/h8,10H,2,4H2,1,3,5-6H3,(H-,16,18,19,20,21)/p+1. The Morgan fingerprint density at radius 3 is 2.43 bits per heavy atom. The van der Waals surface area contributed by atoms with E-state index < -0.39 is 43.4 Å². The lowest BCUT2D eigenvalue weighted by molar-refractivity contribution is -0.139. The summed E-state index contributed by atoms with van der Waals surface area (Å²) in [5, 5.41) is 9.61. The predicted molar refractivity (Wildman–Crippen MR) is 99.2 cm³/mol. The molecule has 0 amide bonds. The van der Waals surface area contributed by atoms with Gasteiger partial charge in [0.2, 0.25) is 7.70 Å². The number of hydrogen-bond donors (Lipinski definition) is 2. The molecule has 124 valence electrons. The molecule has 2 rings (SSSR count). The third-order valence-corrected chi connectivity index (χ3v) is 6.92. The zero-order chi connectivity index (χ0) is 17.7. The van der Waals surface area contributed by atoms with Crippen LogP contribution in [0, 0.1) is 5.92 Å². The van der Waals surface area contributed by atoms with Gasteiger partial charge in [0.25, 0.3) is 5.56 Å². The maximum Gasteiger partial charge on any atom is 0.368 e. The summed E-state index contributed by atoms with van der Waals surface area (Å²) in [6, 6.07) is 0. The first-order valence-electron chi connectivity index (χ1n) is 6.86. The van der Waals surface area contributed by atoms with Crippen molar-refractivity contribution in [1.29, 1.82) is 0 Å². The van der Waals surface area contributed by atoms with Gasteiger partial charge in [-0.3, -0.25) is 14.6 Å². The fraction of sp³-hybridized carbons (Fsp3) is 0.429. The first-order valence-corrected chi connectivity index (χ1v) is 11.7. The molecule has 1 aromatic rings. The summed E-state index contributed by atoms with van der Waals surface area (Å²) in [6.07, 6.45) is 8.03. The van der Waals surface area contributed by atoms with Crippen molar-refractivity contribution in [3.8, 4) is 0 Å². The van der Waals surface area contributed by atoms with Crippen LogP contribution in [0.2, 0.25) is 0 Å². The van der Waals surface area contributed by atoms with Crippen LogP contribution in [0.25, 0.3) is 0 Å². The van der Waals surface area contributed by atoms with Crippen molar-refractivity contribution in [3.63, 3.8) is 0 Å². The molecule has 1 aliphatic rings. The van der Waals surface area contributed by atoms with Gasteiger partial charge in [-0.05, 0) is 20.3 Å². The molecule has 1 aliphatic heterocycles. The van der Waals surface area contributed by atoms with Crippen molar-refractivity contribution in [2.24, 2.45) is 10.9 Å². The smallest absolute Gasteiger partial charge is 0.368 e. The number of nitrogens with one attached hydrogen (secondary N) is 1. The van der Waals surface area contributed by atoms with Gasteiger partial charge in [-0.25, -0.2) is 9.79 Å². The monoisotopic (exact) mass is 356 g/mol. The Kier molecular flexibility index (Phi) is 4.40. The van der Waals surface area contributed by atoms with Crippen molar-refractivity contribution < 1.29 is 9.90 Å². The highest BCUT2D eigenvalue weighted by atomic mass is 31.2. The molecular weight excluding hydrogens is 336 g/mol. The highest BCUT2D eigenvalue weighted by Gasteiger charge is 2.43. The number of rotatable bonds is 3. The number of carboxylic acid groups (broad SMARTS) is 1. The molecule has 0 aliphatic carbocycles. The molecule has 0 radical (unpaired) electrons. The Hall–Kier alpha value is -1.71. The fourth-order valence-electron chi connectivity index (χ4n) is 2.92. The predicted octanol–water partition coefficient (Wildman–Crippen LogP) is 1.40. The van der Waals surface area contributed by atoms with Gasteiger partial charge >= 0.3 is 11.7 Å². The number of carbonyl (C=O) groups is 1. The van der Waals surface area contributed by atoms with Crippen LogP contribution < -0.4 is 11.2 Å². The largest absolute Gasteiger partial charge is 0.481 e. The van der Waals surface area contributed by atoms with E-state index in [-0.39, 0.29) is 11.4 Å². The molecule has 23 heavy (non-hydrogen) atoms. The molecule has 3 atom stereocenters. The Labute approximate surface area is 134 Å². The molecule has 0 spiro atoms. The second kappa shape index (κ2) is 5.73. The first kappa shape index (κ1) is 17.6. The van der Waals surface area contributed by atoms with Crippen molar-refractivity contribution in [1.82, 2.24) is 9.32 Å². The summed E-state index contributed by atoms with van der Waals surface area (Å²) in [5.74, 6) is -1.72. The van der Waals surface area contributed by atoms with Crippen LogP contribution in [0.1, 0.15) is 18.1 Å². The second-order valence-corrected chi connectivity index (χ2v) is 12.1. The summed E-state index contributed by atoms with van der Waals surface area (Å²) in [5.41, 5.74) is -1.11. The van der Waals surface area contributed by atoms with Crippen molar-refractivity contribution >= 4 is 44.7 Å². The van der Waals surface area contributed by atoms with E-state index in [1.807, 2.05) is 13.3 Å². The van der Waals surface area contributed by atoms with Crippen LogP contribution in [0.3, 0.4) is 0 Å². The SMILES string of the molecule is C=[P+](C)n1c2c(c(=O)[nH]c1=O)C(P(=C)(C)C)C(C(=O)O)C(C)=N2. The number of aliphatic carboxylic acids is 1. The van der Waals surface area contributed by atoms with Crippen molar-refractivity contribution in [2.45, 2.75) is 12.6 Å². The number of fused-ring (bicyclic) bond motifs is 1. The van der Waals surface area contributed by atoms with E-state index in [0.717, 1.165) is 0 Å². The van der Waals surface area contributed by atoms with Crippen LogP contribution in [0.5, 0.6) is 0 Å². The maximum absolute atomic E-state index is 12.4. The third-order valence-electron chi connectivity index (χ3n) is 3.80. The van der Waals surface area contributed by atoms with Crippen molar-refractivity contribution in [2.75, 3.05) is 20.0 Å². The van der Waals surface area contributed by atoms with Gasteiger partial charge in [0.1, 0.15) is 12.6 Å². The molecule has 7 nitrogen and oxygen atoms in total.